The molecule has 1 fully saturated rings. The van der Waals surface area contributed by atoms with Gasteiger partial charge in [0, 0.05) is 19.6 Å². The van der Waals surface area contributed by atoms with Gasteiger partial charge in [-0.05, 0) is 48.6 Å². The molecule has 3 rings (SSSR count). The van der Waals surface area contributed by atoms with Gasteiger partial charge in [0.25, 0.3) is 0 Å². The lowest BCUT2D eigenvalue weighted by molar-refractivity contribution is 0.169. The summed E-state index contributed by atoms with van der Waals surface area (Å²) in [4.78, 5) is 2.40. The number of sulfonamides is 1. The Morgan fingerprint density at radius 3 is 2.56 bits per heavy atom. The minimum Gasteiger partial charge on any atom is -0.299 e. The number of hydrogen-bond donors (Lipinski definition) is 1. The fraction of sp³-hybridized carbons (Fsp3) is 0.400. The van der Waals surface area contributed by atoms with E-state index < -0.39 is 10.0 Å². The highest BCUT2D eigenvalue weighted by atomic mass is 35.5. The van der Waals surface area contributed by atoms with Gasteiger partial charge in [-0.15, -0.1) is 0 Å². The molecule has 7 heteroatoms. The average Bonchev–Trinajstić information content (AvgIpc) is 2.64. The van der Waals surface area contributed by atoms with Crippen LogP contribution in [0.2, 0.25) is 10.0 Å². The summed E-state index contributed by atoms with van der Waals surface area (Å²) in [7, 11) is -3.41. The quantitative estimate of drug-likeness (QED) is 0.716. The standard InChI is InChI=1S/C20H24Cl2N2O2S/c21-19-9-8-17(11-20(19)22)15-27(25,26)23-12-18-7-4-10-24(14-18)13-16-5-2-1-3-6-16/h1-3,5-6,8-9,11,18,23H,4,7,10,12-15H2. The Morgan fingerprint density at radius 1 is 1.04 bits per heavy atom. The first-order chi connectivity index (χ1) is 12.9. The molecule has 0 radical (unpaired) electrons. The van der Waals surface area contributed by atoms with Gasteiger partial charge in [-0.1, -0.05) is 59.6 Å². The Kier molecular flexibility index (Phi) is 7.17. The summed E-state index contributed by atoms with van der Waals surface area (Å²) in [6.07, 6.45) is 2.13. The second-order valence-corrected chi connectivity index (χ2v) is 9.71. The zero-order valence-corrected chi connectivity index (χ0v) is 17.4. The lowest BCUT2D eigenvalue weighted by atomic mass is 9.98. The zero-order valence-electron chi connectivity index (χ0n) is 15.1. The van der Waals surface area contributed by atoms with Crippen molar-refractivity contribution in [2.45, 2.75) is 25.1 Å². The fourth-order valence-corrected chi connectivity index (χ4v) is 4.98. The van der Waals surface area contributed by atoms with Gasteiger partial charge in [0.2, 0.25) is 10.0 Å². The molecule has 1 aliphatic rings. The Morgan fingerprint density at radius 2 is 1.81 bits per heavy atom. The molecule has 1 unspecified atom stereocenters. The predicted molar refractivity (Wildman–Crippen MR) is 112 cm³/mol. The lowest BCUT2D eigenvalue weighted by Crippen LogP contribution is -2.40. The number of piperidine rings is 1. The van der Waals surface area contributed by atoms with Crippen molar-refractivity contribution < 1.29 is 8.42 Å². The molecule has 2 aromatic carbocycles. The summed E-state index contributed by atoms with van der Waals surface area (Å²) >= 11 is 11.9. The first-order valence-electron chi connectivity index (χ1n) is 9.09. The van der Waals surface area contributed by atoms with Crippen molar-refractivity contribution in [1.82, 2.24) is 9.62 Å². The summed E-state index contributed by atoms with van der Waals surface area (Å²) < 4.78 is 27.6. The van der Waals surface area contributed by atoms with Crippen LogP contribution < -0.4 is 4.72 Å². The highest BCUT2D eigenvalue weighted by molar-refractivity contribution is 7.88. The van der Waals surface area contributed by atoms with Crippen LogP contribution in [0.25, 0.3) is 0 Å². The molecule has 1 heterocycles. The lowest BCUT2D eigenvalue weighted by Gasteiger charge is -2.32. The second-order valence-electron chi connectivity index (χ2n) is 7.08. The van der Waals surface area contributed by atoms with Crippen LogP contribution in [0.1, 0.15) is 24.0 Å². The summed E-state index contributed by atoms with van der Waals surface area (Å²) in [6.45, 7) is 3.34. The van der Waals surface area contributed by atoms with E-state index in [1.54, 1.807) is 18.2 Å². The first-order valence-corrected chi connectivity index (χ1v) is 11.5. The number of benzene rings is 2. The average molecular weight is 427 g/mol. The van der Waals surface area contributed by atoms with Gasteiger partial charge >= 0.3 is 0 Å². The SMILES string of the molecule is O=S(=O)(Cc1ccc(Cl)c(Cl)c1)NCC1CCCN(Cc2ccccc2)C1. The second kappa shape index (κ2) is 9.39. The topological polar surface area (TPSA) is 49.4 Å². The van der Waals surface area contributed by atoms with Crippen LogP contribution in [0.4, 0.5) is 0 Å². The number of likely N-dealkylation sites (tertiary alicyclic amines) is 1. The molecule has 0 bridgehead atoms. The minimum atomic E-state index is -3.41. The van der Waals surface area contributed by atoms with E-state index in [-0.39, 0.29) is 5.75 Å². The van der Waals surface area contributed by atoms with Crippen LogP contribution in [0.15, 0.2) is 48.5 Å². The number of nitrogens with one attached hydrogen (secondary N) is 1. The zero-order chi connectivity index (χ0) is 19.3. The van der Waals surface area contributed by atoms with Gasteiger partial charge in [0.05, 0.1) is 15.8 Å². The molecule has 1 atom stereocenters. The van der Waals surface area contributed by atoms with Crippen molar-refractivity contribution >= 4 is 33.2 Å². The first kappa shape index (κ1) is 20.6. The minimum absolute atomic E-state index is 0.0929. The van der Waals surface area contributed by atoms with Crippen molar-refractivity contribution in [3.8, 4) is 0 Å². The van der Waals surface area contributed by atoms with Crippen LogP contribution in [0.3, 0.4) is 0 Å². The van der Waals surface area contributed by atoms with Crippen molar-refractivity contribution in [1.29, 1.82) is 0 Å². The molecule has 0 amide bonds. The molecule has 1 aliphatic heterocycles. The molecule has 0 aliphatic carbocycles. The molecule has 1 saturated heterocycles. The van der Waals surface area contributed by atoms with Crippen molar-refractivity contribution in [3.05, 3.63) is 69.7 Å². The Bertz CT molecular complexity index is 860. The van der Waals surface area contributed by atoms with Crippen molar-refractivity contribution in [2.75, 3.05) is 19.6 Å². The highest BCUT2D eigenvalue weighted by Gasteiger charge is 2.22. The van der Waals surface area contributed by atoms with Gasteiger partial charge in [0.15, 0.2) is 0 Å². The van der Waals surface area contributed by atoms with Crippen LogP contribution in [-0.2, 0) is 22.3 Å². The third-order valence-electron chi connectivity index (χ3n) is 4.78. The molecule has 0 aromatic heterocycles. The monoisotopic (exact) mass is 426 g/mol. The predicted octanol–water partition coefficient (Wildman–Crippen LogP) is 4.33. The van der Waals surface area contributed by atoms with Gasteiger partial charge in [-0.3, -0.25) is 4.90 Å². The molecular weight excluding hydrogens is 403 g/mol. The normalized spacial score (nSPS) is 18.5. The molecule has 2 aromatic rings. The molecular formula is C20H24Cl2N2O2S. The smallest absolute Gasteiger partial charge is 0.215 e. The maximum Gasteiger partial charge on any atom is 0.215 e. The molecule has 27 heavy (non-hydrogen) atoms. The Labute approximate surface area is 171 Å². The summed E-state index contributed by atoms with van der Waals surface area (Å²) in [5.74, 6) is 0.232. The fourth-order valence-electron chi connectivity index (χ4n) is 3.45. The van der Waals surface area contributed by atoms with Crippen LogP contribution in [-0.4, -0.2) is 33.0 Å². The molecule has 0 saturated carbocycles. The summed E-state index contributed by atoms with van der Waals surface area (Å²) in [6, 6.07) is 15.3. The van der Waals surface area contributed by atoms with Gasteiger partial charge < -0.3 is 0 Å². The maximum atomic E-state index is 12.4. The van der Waals surface area contributed by atoms with Gasteiger partial charge in [-0.25, -0.2) is 13.1 Å². The third kappa shape index (κ3) is 6.47. The van der Waals surface area contributed by atoms with Crippen LogP contribution in [0.5, 0.6) is 0 Å². The number of halogens is 2. The van der Waals surface area contributed by atoms with E-state index in [2.05, 4.69) is 21.8 Å². The Hall–Kier alpha value is -1.11. The van der Waals surface area contributed by atoms with E-state index in [1.165, 1.54) is 5.56 Å². The molecule has 0 spiro atoms. The van der Waals surface area contributed by atoms with Crippen molar-refractivity contribution in [3.63, 3.8) is 0 Å². The van der Waals surface area contributed by atoms with Crippen LogP contribution in [0, 0.1) is 5.92 Å². The van der Waals surface area contributed by atoms with E-state index in [0.29, 0.717) is 28.1 Å². The van der Waals surface area contributed by atoms with E-state index in [1.807, 2.05) is 18.2 Å². The summed E-state index contributed by atoms with van der Waals surface area (Å²) in [5, 5.41) is 0.791. The van der Waals surface area contributed by atoms with Gasteiger partial charge in [0.1, 0.15) is 0 Å². The molecule has 146 valence electrons. The molecule has 1 N–H and O–H groups in total. The van der Waals surface area contributed by atoms with E-state index in [0.717, 1.165) is 32.5 Å². The summed E-state index contributed by atoms with van der Waals surface area (Å²) in [5.41, 5.74) is 1.92. The van der Waals surface area contributed by atoms with E-state index in [9.17, 15) is 8.42 Å². The van der Waals surface area contributed by atoms with E-state index in [4.69, 9.17) is 23.2 Å². The number of hydrogen-bond acceptors (Lipinski definition) is 3. The third-order valence-corrected chi connectivity index (χ3v) is 6.84. The number of rotatable bonds is 7. The maximum absolute atomic E-state index is 12.4. The van der Waals surface area contributed by atoms with E-state index >= 15 is 0 Å². The molecule has 4 nitrogen and oxygen atoms in total. The van der Waals surface area contributed by atoms with Crippen molar-refractivity contribution in [2.24, 2.45) is 5.92 Å². The van der Waals surface area contributed by atoms with Crippen LogP contribution >= 0.6 is 23.2 Å². The largest absolute Gasteiger partial charge is 0.299 e. The van der Waals surface area contributed by atoms with Gasteiger partial charge in [-0.2, -0.15) is 0 Å². The number of nitrogens with zero attached hydrogens (tertiary/aromatic N) is 1. The Balaban J connectivity index is 1.51. The highest BCUT2D eigenvalue weighted by Crippen LogP contribution is 2.23.